The standard InChI is InChI=1S/C61H111NO8/c1-3-5-7-9-11-13-15-17-19-21-22-23-24-25-26-27-28-29-30-31-32-33-35-36-38-40-42-44-46-48-50-55(64)54(53-69-61-60(68)59(67)58(66)56(52-63)70-61)62-57(65)51-49-47-45-43-41-39-37-34-20-18-16-14-12-10-8-6-4-2/h6,8,12,14,18,20,40,42,48,50,54-56,58-61,63-64,66-68H,3-5,7,9-11,13,15-17,19,21-39,41,43-47,49,51-53H2,1-2H3,(H,62,65)/b8-6-,14-12-,20-18-,42-40+,50-48+. The molecule has 0 aromatic rings. The minimum atomic E-state index is -1.58. The molecule has 0 bridgehead atoms. The molecule has 1 rings (SSSR count). The Balaban J connectivity index is 2.21. The van der Waals surface area contributed by atoms with Gasteiger partial charge in [0.1, 0.15) is 24.4 Å². The van der Waals surface area contributed by atoms with Crippen LogP contribution in [0.5, 0.6) is 0 Å². The molecule has 1 heterocycles. The zero-order valence-corrected chi connectivity index (χ0v) is 45.3. The average Bonchev–Trinajstić information content (AvgIpc) is 3.36. The Kier molecular flexibility index (Phi) is 47.5. The summed E-state index contributed by atoms with van der Waals surface area (Å²) in [5.74, 6) is -0.197. The third-order valence-corrected chi connectivity index (χ3v) is 13.8. The summed E-state index contributed by atoms with van der Waals surface area (Å²) in [7, 11) is 0. The Morgan fingerprint density at radius 2 is 0.900 bits per heavy atom. The SMILES string of the molecule is CC/C=C\C/C=C\C/C=C\CCCCCCCCCC(=O)NC(COC1OC(CO)C(O)C(O)C1O)C(O)/C=C/CC/C=C/CCCCCCCCCCCCCCCCCCCCCCCCCC. The predicted octanol–water partition coefficient (Wildman–Crippen LogP) is 14.7. The number of hydrogen-bond acceptors (Lipinski definition) is 8. The number of nitrogens with one attached hydrogen (secondary N) is 1. The molecular weight excluding hydrogens is 875 g/mol. The van der Waals surface area contributed by atoms with Crippen molar-refractivity contribution >= 4 is 5.91 Å². The van der Waals surface area contributed by atoms with Crippen molar-refractivity contribution in [1.82, 2.24) is 5.32 Å². The summed E-state index contributed by atoms with van der Waals surface area (Å²) in [5, 5.41) is 54.5. The van der Waals surface area contributed by atoms with Gasteiger partial charge in [-0.15, -0.1) is 0 Å². The van der Waals surface area contributed by atoms with Crippen LogP contribution in [0.4, 0.5) is 0 Å². The Hall–Kier alpha value is -2.11. The molecule has 0 aliphatic carbocycles. The van der Waals surface area contributed by atoms with Gasteiger partial charge >= 0.3 is 0 Å². The van der Waals surface area contributed by atoms with Crippen molar-refractivity contribution in [3.05, 3.63) is 60.8 Å². The van der Waals surface area contributed by atoms with E-state index >= 15 is 0 Å². The maximum absolute atomic E-state index is 13.0. The number of unbranched alkanes of at least 4 members (excludes halogenated alkanes) is 32. The lowest BCUT2D eigenvalue weighted by Crippen LogP contribution is -2.60. The molecule has 1 aliphatic rings. The highest BCUT2D eigenvalue weighted by molar-refractivity contribution is 5.76. The summed E-state index contributed by atoms with van der Waals surface area (Å²) in [4.78, 5) is 13.0. The summed E-state index contributed by atoms with van der Waals surface area (Å²) in [6, 6.07) is -0.830. The van der Waals surface area contributed by atoms with Gasteiger partial charge in [0, 0.05) is 6.42 Å². The van der Waals surface area contributed by atoms with Crippen LogP contribution >= 0.6 is 0 Å². The Morgan fingerprint density at radius 1 is 0.500 bits per heavy atom. The number of carbonyl (C=O) groups is 1. The van der Waals surface area contributed by atoms with Crippen molar-refractivity contribution in [2.24, 2.45) is 0 Å². The van der Waals surface area contributed by atoms with Gasteiger partial charge in [-0.3, -0.25) is 4.79 Å². The van der Waals surface area contributed by atoms with E-state index in [0.29, 0.717) is 6.42 Å². The second-order valence-electron chi connectivity index (χ2n) is 20.4. The molecule has 0 saturated carbocycles. The first kappa shape index (κ1) is 65.9. The number of aliphatic hydroxyl groups excluding tert-OH is 5. The second-order valence-corrected chi connectivity index (χ2v) is 20.4. The molecule has 408 valence electrons. The molecular formula is C61H111NO8. The van der Waals surface area contributed by atoms with E-state index in [1.807, 2.05) is 6.08 Å². The van der Waals surface area contributed by atoms with Crippen LogP contribution in [0.3, 0.4) is 0 Å². The first-order chi connectivity index (χ1) is 34.3. The highest BCUT2D eigenvalue weighted by Crippen LogP contribution is 2.23. The van der Waals surface area contributed by atoms with Gasteiger partial charge in [-0.25, -0.2) is 0 Å². The van der Waals surface area contributed by atoms with Gasteiger partial charge in [-0.2, -0.15) is 0 Å². The first-order valence-corrected chi connectivity index (χ1v) is 29.5. The quantitative estimate of drug-likeness (QED) is 0.0261. The van der Waals surface area contributed by atoms with Crippen molar-refractivity contribution < 1.29 is 39.8 Å². The van der Waals surface area contributed by atoms with Crippen LogP contribution < -0.4 is 5.32 Å². The second kappa shape index (κ2) is 50.4. The average molecular weight is 987 g/mol. The molecule has 1 saturated heterocycles. The number of allylic oxidation sites excluding steroid dienone is 9. The normalized spacial score (nSPS) is 19.8. The van der Waals surface area contributed by atoms with Crippen molar-refractivity contribution in [2.75, 3.05) is 13.2 Å². The highest BCUT2D eigenvalue weighted by atomic mass is 16.7. The fraction of sp³-hybridized carbons (Fsp3) is 0.820. The third kappa shape index (κ3) is 39.4. The van der Waals surface area contributed by atoms with E-state index in [1.54, 1.807) is 6.08 Å². The van der Waals surface area contributed by atoms with E-state index in [2.05, 4.69) is 67.8 Å². The molecule has 9 nitrogen and oxygen atoms in total. The molecule has 9 heteroatoms. The molecule has 1 aliphatic heterocycles. The smallest absolute Gasteiger partial charge is 0.220 e. The van der Waals surface area contributed by atoms with Gasteiger partial charge < -0.3 is 40.3 Å². The fourth-order valence-corrected chi connectivity index (χ4v) is 9.19. The lowest BCUT2D eigenvalue weighted by Gasteiger charge is -2.40. The maximum Gasteiger partial charge on any atom is 0.220 e. The van der Waals surface area contributed by atoms with Crippen LogP contribution in [0, 0.1) is 0 Å². The first-order valence-electron chi connectivity index (χ1n) is 29.5. The molecule has 7 atom stereocenters. The summed E-state index contributed by atoms with van der Waals surface area (Å²) in [6.07, 6.45) is 61.6. The molecule has 1 amide bonds. The van der Waals surface area contributed by atoms with E-state index < -0.39 is 49.5 Å². The minimum Gasteiger partial charge on any atom is -0.394 e. The van der Waals surface area contributed by atoms with E-state index in [-0.39, 0.29) is 12.5 Å². The maximum atomic E-state index is 13.0. The van der Waals surface area contributed by atoms with Crippen molar-refractivity contribution in [3.8, 4) is 0 Å². The molecule has 0 radical (unpaired) electrons. The molecule has 1 fully saturated rings. The fourth-order valence-electron chi connectivity index (χ4n) is 9.19. The number of carbonyl (C=O) groups excluding carboxylic acids is 1. The lowest BCUT2D eigenvalue weighted by molar-refractivity contribution is -0.302. The number of ether oxygens (including phenoxy) is 2. The number of hydrogen-bond donors (Lipinski definition) is 6. The monoisotopic (exact) mass is 986 g/mol. The van der Waals surface area contributed by atoms with Crippen molar-refractivity contribution in [3.63, 3.8) is 0 Å². The van der Waals surface area contributed by atoms with Crippen molar-refractivity contribution in [1.29, 1.82) is 0 Å². The molecule has 70 heavy (non-hydrogen) atoms. The molecule has 6 N–H and O–H groups in total. The number of rotatable bonds is 50. The molecule has 7 unspecified atom stereocenters. The van der Waals surface area contributed by atoms with Gasteiger partial charge in [0.15, 0.2) is 6.29 Å². The van der Waals surface area contributed by atoms with Gasteiger partial charge in [0.2, 0.25) is 5.91 Å². The largest absolute Gasteiger partial charge is 0.394 e. The Bertz CT molecular complexity index is 1280. The predicted molar refractivity (Wildman–Crippen MR) is 295 cm³/mol. The highest BCUT2D eigenvalue weighted by Gasteiger charge is 2.44. The summed E-state index contributed by atoms with van der Waals surface area (Å²) >= 11 is 0. The van der Waals surface area contributed by atoms with Gasteiger partial charge in [0.05, 0.1) is 25.4 Å². The lowest BCUT2D eigenvalue weighted by atomic mass is 9.99. The van der Waals surface area contributed by atoms with Crippen LogP contribution in [-0.4, -0.2) is 87.5 Å². The third-order valence-electron chi connectivity index (χ3n) is 13.8. The van der Waals surface area contributed by atoms with Crippen LogP contribution in [0.1, 0.15) is 264 Å². The van der Waals surface area contributed by atoms with Crippen LogP contribution in [0.2, 0.25) is 0 Å². The summed E-state index contributed by atoms with van der Waals surface area (Å²) in [5.41, 5.74) is 0. The van der Waals surface area contributed by atoms with Gasteiger partial charge in [0.25, 0.3) is 0 Å². The van der Waals surface area contributed by atoms with Crippen LogP contribution in [0.25, 0.3) is 0 Å². The van der Waals surface area contributed by atoms with Crippen LogP contribution in [0.15, 0.2) is 60.8 Å². The van der Waals surface area contributed by atoms with E-state index in [4.69, 9.17) is 9.47 Å². The topological polar surface area (TPSA) is 149 Å². The Labute approximate surface area is 430 Å². The molecule has 0 aromatic heterocycles. The number of aliphatic hydroxyl groups is 5. The van der Waals surface area contributed by atoms with Gasteiger partial charge in [-0.05, 0) is 64.2 Å². The van der Waals surface area contributed by atoms with E-state index in [1.165, 1.54) is 173 Å². The Morgan fingerprint density at radius 3 is 1.37 bits per heavy atom. The number of amides is 1. The summed E-state index contributed by atoms with van der Waals surface area (Å²) in [6.45, 7) is 3.66. The summed E-state index contributed by atoms with van der Waals surface area (Å²) < 4.78 is 11.2. The van der Waals surface area contributed by atoms with Crippen LogP contribution in [-0.2, 0) is 14.3 Å². The van der Waals surface area contributed by atoms with Crippen molar-refractivity contribution in [2.45, 2.75) is 307 Å². The van der Waals surface area contributed by atoms with E-state index in [0.717, 1.165) is 70.6 Å². The zero-order chi connectivity index (χ0) is 50.8. The van der Waals surface area contributed by atoms with Gasteiger partial charge in [-0.1, -0.05) is 254 Å². The zero-order valence-electron chi connectivity index (χ0n) is 45.3. The van der Waals surface area contributed by atoms with E-state index in [9.17, 15) is 30.3 Å². The minimum absolute atomic E-state index is 0.197. The molecule has 0 spiro atoms. The molecule has 0 aromatic carbocycles.